The van der Waals surface area contributed by atoms with Crippen LogP contribution in [0.2, 0.25) is 0 Å². The average Bonchev–Trinajstić information content (AvgIpc) is 2.59. The molecule has 0 aliphatic carbocycles. The predicted octanol–water partition coefficient (Wildman–Crippen LogP) is 3.50. The van der Waals surface area contributed by atoms with Gasteiger partial charge in [-0.3, -0.25) is 9.67 Å². The second-order valence-electron chi connectivity index (χ2n) is 4.87. The van der Waals surface area contributed by atoms with Gasteiger partial charge in [0.05, 0.1) is 0 Å². The molecular weight excluding hydrogens is 237 g/mol. The monoisotopic (exact) mass is 251 g/mol. The molecule has 0 aliphatic rings. The Balaban J connectivity index is 2.66. The smallest absolute Gasteiger partial charge is 0.195 e. The number of halogens is 1. The van der Waals surface area contributed by atoms with Crippen LogP contribution < -0.4 is 0 Å². The number of nitrogens with zero attached hydrogens (tertiary/aromatic N) is 2. The van der Waals surface area contributed by atoms with Gasteiger partial charge in [0.25, 0.3) is 0 Å². The van der Waals surface area contributed by atoms with Crippen LogP contribution in [0.5, 0.6) is 0 Å². The first-order chi connectivity index (χ1) is 7.89. The van der Waals surface area contributed by atoms with Crippen LogP contribution in [0.25, 0.3) is 11.4 Å². The molecule has 3 nitrogen and oxygen atoms in total. The highest BCUT2D eigenvalue weighted by Crippen LogP contribution is 2.24. The fourth-order valence-electron chi connectivity index (χ4n) is 1.74. The molecule has 2 aromatic rings. The summed E-state index contributed by atoms with van der Waals surface area (Å²) in [5.41, 5.74) is 0.512. The zero-order valence-electron chi connectivity index (χ0n) is 9.99. The van der Waals surface area contributed by atoms with Gasteiger partial charge in [0.2, 0.25) is 0 Å². The molecule has 0 fully saturated rings. The number of aromatic nitrogens is 3. The van der Waals surface area contributed by atoms with E-state index >= 15 is 0 Å². The van der Waals surface area contributed by atoms with E-state index in [1.165, 1.54) is 12.1 Å². The minimum absolute atomic E-state index is 0.203. The summed E-state index contributed by atoms with van der Waals surface area (Å²) in [6, 6.07) is 6.34. The molecule has 0 atom stereocenters. The van der Waals surface area contributed by atoms with Crippen molar-refractivity contribution in [3.63, 3.8) is 0 Å². The number of aromatic amines is 1. The number of rotatable bonds is 1. The third kappa shape index (κ3) is 2.29. The number of benzene rings is 1. The summed E-state index contributed by atoms with van der Waals surface area (Å²) >= 11 is 5.20. The quantitative estimate of drug-likeness (QED) is 0.787. The van der Waals surface area contributed by atoms with Crippen LogP contribution >= 0.6 is 12.2 Å². The predicted molar refractivity (Wildman–Crippen MR) is 67.8 cm³/mol. The Bertz CT molecular complexity index is 592. The lowest BCUT2D eigenvalue weighted by molar-refractivity contribution is 0.395. The van der Waals surface area contributed by atoms with Crippen LogP contribution in [-0.4, -0.2) is 14.8 Å². The SMILES string of the molecule is CC(C)(C)n1c(-c2cccc(F)c2)n[nH]c1=S. The number of hydrogen-bond acceptors (Lipinski definition) is 2. The Morgan fingerprint density at radius 2 is 2.06 bits per heavy atom. The molecule has 1 aromatic heterocycles. The standard InChI is InChI=1S/C12H14FN3S/c1-12(2,3)16-10(14-15-11(16)17)8-5-4-6-9(13)7-8/h4-7H,1-3H3,(H,15,17). The normalized spacial score (nSPS) is 11.8. The average molecular weight is 251 g/mol. The van der Waals surface area contributed by atoms with E-state index < -0.39 is 0 Å². The molecule has 1 aromatic carbocycles. The molecule has 5 heteroatoms. The summed E-state index contributed by atoms with van der Waals surface area (Å²) in [4.78, 5) is 0. The zero-order valence-corrected chi connectivity index (χ0v) is 10.8. The van der Waals surface area contributed by atoms with Crippen LogP contribution in [0.4, 0.5) is 4.39 Å². The highest BCUT2D eigenvalue weighted by Gasteiger charge is 2.20. The molecule has 90 valence electrons. The first kappa shape index (κ1) is 12.0. The summed E-state index contributed by atoms with van der Waals surface area (Å²) in [5, 5.41) is 6.93. The van der Waals surface area contributed by atoms with Gasteiger partial charge in [-0.25, -0.2) is 4.39 Å². The van der Waals surface area contributed by atoms with E-state index in [0.717, 1.165) is 0 Å². The molecule has 2 rings (SSSR count). The summed E-state index contributed by atoms with van der Waals surface area (Å²) in [6.45, 7) is 6.09. The van der Waals surface area contributed by atoms with E-state index in [-0.39, 0.29) is 11.4 Å². The maximum atomic E-state index is 13.2. The minimum Gasteiger partial charge on any atom is -0.295 e. The number of hydrogen-bond donors (Lipinski definition) is 1. The molecular formula is C12H14FN3S. The Morgan fingerprint density at radius 1 is 1.35 bits per heavy atom. The molecule has 17 heavy (non-hydrogen) atoms. The molecule has 0 amide bonds. The summed E-state index contributed by atoms with van der Waals surface area (Å²) in [5.74, 6) is 0.374. The van der Waals surface area contributed by atoms with Crippen molar-refractivity contribution in [3.05, 3.63) is 34.9 Å². The van der Waals surface area contributed by atoms with E-state index in [1.54, 1.807) is 6.07 Å². The lowest BCUT2D eigenvalue weighted by Crippen LogP contribution is -2.22. The third-order valence-corrected chi connectivity index (χ3v) is 2.70. The Hall–Kier alpha value is -1.49. The first-order valence-electron chi connectivity index (χ1n) is 5.33. The molecule has 1 N–H and O–H groups in total. The van der Waals surface area contributed by atoms with E-state index in [1.807, 2.05) is 31.4 Å². The highest BCUT2D eigenvalue weighted by atomic mass is 32.1. The van der Waals surface area contributed by atoms with Crippen molar-refractivity contribution in [3.8, 4) is 11.4 Å². The Labute approximate surface area is 104 Å². The third-order valence-electron chi connectivity index (χ3n) is 2.43. The zero-order chi connectivity index (χ0) is 12.6. The Morgan fingerprint density at radius 3 is 2.65 bits per heavy atom. The minimum atomic E-state index is -0.281. The van der Waals surface area contributed by atoms with Gasteiger partial charge >= 0.3 is 0 Å². The van der Waals surface area contributed by atoms with Crippen LogP contribution in [0.3, 0.4) is 0 Å². The maximum absolute atomic E-state index is 13.2. The van der Waals surface area contributed by atoms with E-state index in [9.17, 15) is 4.39 Å². The lowest BCUT2D eigenvalue weighted by Gasteiger charge is -2.22. The fourth-order valence-corrected chi connectivity index (χ4v) is 2.15. The topological polar surface area (TPSA) is 33.6 Å². The van der Waals surface area contributed by atoms with E-state index in [0.29, 0.717) is 16.2 Å². The van der Waals surface area contributed by atoms with Crippen molar-refractivity contribution < 1.29 is 4.39 Å². The number of nitrogens with one attached hydrogen (secondary N) is 1. The highest BCUT2D eigenvalue weighted by molar-refractivity contribution is 7.71. The van der Waals surface area contributed by atoms with Crippen LogP contribution in [0.15, 0.2) is 24.3 Å². The van der Waals surface area contributed by atoms with Crippen molar-refractivity contribution in [2.45, 2.75) is 26.3 Å². The molecule has 1 heterocycles. The second kappa shape index (κ2) is 4.07. The van der Waals surface area contributed by atoms with E-state index in [4.69, 9.17) is 12.2 Å². The second-order valence-corrected chi connectivity index (χ2v) is 5.26. The van der Waals surface area contributed by atoms with Crippen LogP contribution in [0.1, 0.15) is 20.8 Å². The van der Waals surface area contributed by atoms with Crippen LogP contribution in [-0.2, 0) is 5.54 Å². The van der Waals surface area contributed by atoms with Gasteiger partial charge in [0.15, 0.2) is 10.6 Å². The van der Waals surface area contributed by atoms with Crippen molar-refractivity contribution in [1.82, 2.24) is 14.8 Å². The van der Waals surface area contributed by atoms with Crippen LogP contribution in [0, 0.1) is 10.6 Å². The van der Waals surface area contributed by atoms with Gasteiger partial charge in [-0.05, 0) is 45.1 Å². The van der Waals surface area contributed by atoms with Crippen molar-refractivity contribution >= 4 is 12.2 Å². The van der Waals surface area contributed by atoms with Crippen molar-refractivity contribution in [2.24, 2.45) is 0 Å². The van der Waals surface area contributed by atoms with Gasteiger partial charge in [-0.15, -0.1) is 0 Å². The molecule has 0 unspecified atom stereocenters. The molecule has 0 radical (unpaired) electrons. The molecule has 0 saturated carbocycles. The molecule has 0 aliphatic heterocycles. The van der Waals surface area contributed by atoms with Gasteiger partial charge in [0.1, 0.15) is 5.82 Å². The molecule has 0 saturated heterocycles. The van der Waals surface area contributed by atoms with Crippen molar-refractivity contribution in [2.75, 3.05) is 0 Å². The summed E-state index contributed by atoms with van der Waals surface area (Å²) in [6.07, 6.45) is 0. The summed E-state index contributed by atoms with van der Waals surface area (Å²) < 4.78 is 15.6. The largest absolute Gasteiger partial charge is 0.295 e. The maximum Gasteiger partial charge on any atom is 0.195 e. The van der Waals surface area contributed by atoms with Gasteiger partial charge in [-0.1, -0.05) is 12.1 Å². The fraction of sp³-hybridized carbons (Fsp3) is 0.333. The summed E-state index contributed by atoms with van der Waals surface area (Å²) in [7, 11) is 0. The first-order valence-corrected chi connectivity index (χ1v) is 5.74. The lowest BCUT2D eigenvalue weighted by atomic mass is 10.1. The molecule has 0 bridgehead atoms. The number of H-pyrrole nitrogens is 1. The van der Waals surface area contributed by atoms with Gasteiger partial charge in [-0.2, -0.15) is 5.10 Å². The van der Waals surface area contributed by atoms with Gasteiger partial charge in [0, 0.05) is 11.1 Å². The van der Waals surface area contributed by atoms with Gasteiger partial charge < -0.3 is 0 Å². The Kier molecular flexibility index (Phi) is 2.87. The van der Waals surface area contributed by atoms with Crippen molar-refractivity contribution in [1.29, 1.82) is 0 Å². The van der Waals surface area contributed by atoms with E-state index in [2.05, 4.69) is 10.2 Å². The molecule has 0 spiro atoms.